The lowest BCUT2D eigenvalue weighted by Crippen LogP contribution is -2.07. The molecule has 0 radical (unpaired) electrons. The second-order valence-electron chi connectivity index (χ2n) is 2.57. The smallest absolute Gasteiger partial charge is 0.409 e. The van der Waals surface area contributed by atoms with Gasteiger partial charge in [-0.05, 0) is 30.7 Å². The minimum Gasteiger partial charge on any atom is -0.465 e. The molecule has 0 aromatic heterocycles. The van der Waals surface area contributed by atoms with Crippen LogP contribution in [0.15, 0.2) is 18.2 Å². The molecule has 0 aliphatic carbocycles. The molecule has 0 unspecified atom stereocenters. The number of anilines is 1. The molecule has 0 atom stereocenters. The summed E-state index contributed by atoms with van der Waals surface area (Å²) in [5.41, 5.74) is 1.79. The molecular weight excluding hydrogens is 168 g/mol. The summed E-state index contributed by atoms with van der Waals surface area (Å²) in [6.07, 6.45) is -1.11. The van der Waals surface area contributed by atoms with E-state index in [4.69, 9.17) is 10.4 Å². The number of amides is 1. The Morgan fingerprint density at radius 2 is 2.31 bits per heavy atom. The Bertz CT molecular complexity index is 380. The summed E-state index contributed by atoms with van der Waals surface area (Å²) in [7, 11) is 0. The van der Waals surface area contributed by atoms with Gasteiger partial charge in [0.15, 0.2) is 0 Å². The molecule has 1 aromatic rings. The first-order valence-electron chi connectivity index (χ1n) is 3.64. The highest BCUT2D eigenvalue weighted by atomic mass is 16.4. The highest BCUT2D eigenvalue weighted by molar-refractivity contribution is 5.83. The SMILES string of the molecule is Cc1cc(NC(=O)O)ccc1C#N. The van der Waals surface area contributed by atoms with Crippen molar-refractivity contribution in [1.29, 1.82) is 5.26 Å². The molecule has 4 heteroatoms. The van der Waals surface area contributed by atoms with E-state index in [0.717, 1.165) is 5.56 Å². The molecule has 4 nitrogen and oxygen atoms in total. The highest BCUT2D eigenvalue weighted by Gasteiger charge is 2.00. The van der Waals surface area contributed by atoms with Crippen LogP contribution in [0.1, 0.15) is 11.1 Å². The molecule has 0 fully saturated rings. The number of nitrogens with one attached hydrogen (secondary N) is 1. The van der Waals surface area contributed by atoms with Crippen molar-refractivity contribution < 1.29 is 9.90 Å². The Morgan fingerprint density at radius 1 is 1.62 bits per heavy atom. The Balaban J connectivity index is 2.97. The number of hydrogen-bond acceptors (Lipinski definition) is 2. The fourth-order valence-corrected chi connectivity index (χ4v) is 0.990. The maximum Gasteiger partial charge on any atom is 0.409 e. The first-order valence-corrected chi connectivity index (χ1v) is 3.64. The normalized spacial score (nSPS) is 8.92. The monoisotopic (exact) mass is 176 g/mol. The molecule has 0 saturated heterocycles. The van der Waals surface area contributed by atoms with Crippen molar-refractivity contribution in [3.63, 3.8) is 0 Å². The van der Waals surface area contributed by atoms with Crippen LogP contribution in [0.2, 0.25) is 0 Å². The summed E-state index contributed by atoms with van der Waals surface area (Å²) in [4.78, 5) is 10.3. The summed E-state index contributed by atoms with van der Waals surface area (Å²) >= 11 is 0. The van der Waals surface area contributed by atoms with E-state index in [1.165, 1.54) is 0 Å². The second-order valence-corrected chi connectivity index (χ2v) is 2.57. The van der Waals surface area contributed by atoms with E-state index < -0.39 is 6.09 Å². The predicted molar refractivity (Wildman–Crippen MR) is 47.5 cm³/mol. The second kappa shape index (κ2) is 3.59. The van der Waals surface area contributed by atoms with Crippen LogP contribution in [-0.2, 0) is 0 Å². The van der Waals surface area contributed by atoms with Gasteiger partial charge in [-0.1, -0.05) is 0 Å². The van der Waals surface area contributed by atoms with Crippen LogP contribution in [0, 0.1) is 18.3 Å². The zero-order chi connectivity index (χ0) is 9.84. The predicted octanol–water partition coefficient (Wildman–Crippen LogP) is 1.96. The van der Waals surface area contributed by atoms with Gasteiger partial charge in [0.1, 0.15) is 0 Å². The van der Waals surface area contributed by atoms with Crippen LogP contribution in [0.4, 0.5) is 10.5 Å². The van der Waals surface area contributed by atoms with E-state index >= 15 is 0 Å². The van der Waals surface area contributed by atoms with Gasteiger partial charge >= 0.3 is 6.09 Å². The quantitative estimate of drug-likeness (QED) is 0.686. The molecule has 2 N–H and O–H groups in total. The Kier molecular flexibility index (Phi) is 2.50. The molecule has 0 saturated carbocycles. The molecule has 1 rings (SSSR count). The van der Waals surface area contributed by atoms with Gasteiger partial charge in [-0.3, -0.25) is 5.32 Å². The van der Waals surface area contributed by atoms with E-state index in [1.54, 1.807) is 25.1 Å². The third-order valence-corrected chi connectivity index (χ3v) is 1.60. The van der Waals surface area contributed by atoms with Gasteiger partial charge in [0.2, 0.25) is 0 Å². The number of carbonyl (C=O) groups is 1. The molecule has 0 spiro atoms. The van der Waals surface area contributed by atoms with Crippen LogP contribution in [0.3, 0.4) is 0 Å². The Hall–Kier alpha value is -2.02. The number of nitriles is 1. The maximum absolute atomic E-state index is 10.3. The number of benzene rings is 1. The van der Waals surface area contributed by atoms with Gasteiger partial charge in [0.05, 0.1) is 11.6 Å². The maximum atomic E-state index is 10.3. The van der Waals surface area contributed by atoms with Crippen LogP contribution >= 0.6 is 0 Å². The highest BCUT2D eigenvalue weighted by Crippen LogP contribution is 2.13. The zero-order valence-electron chi connectivity index (χ0n) is 7.03. The largest absolute Gasteiger partial charge is 0.465 e. The molecular formula is C9H8N2O2. The van der Waals surface area contributed by atoms with Crippen LogP contribution in [0.5, 0.6) is 0 Å². The number of carboxylic acid groups (broad SMARTS) is 1. The lowest BCUT2D eigenvalue weighted by Gasteiger charge is -2.02. The Morgan fingerprint density at radius 3 is 2.77 bits per heavy atom. The summed E-state index contributed by atoms with van der Waals surface area (Å²) in [5.74, 6) is 0. The number of aryl methyl sites for hydroxylation is 1. The van der Waals surface area contributed by atoms with Crippen molar-refractivity contribution in [2.45, 2.75) is 6.92 Å². The Labute approximate surface area is 75.4 Å². The van der Waals surface area contributed by atoms with E-state index in [2.05, 4.69) is 5.32 Å². The zero-order valence-corrected chi connectivity index (χ0v) is 7.03. The van der Waals surface area contributed by atoms with E-state index in [0.29, 0.717) is 11.3 Å². The summed E-state index contributed by atoms with van der Waals surface area (Å²) < 4.78 is 0. The molecule has 0 bridgehead atoms. The van der Waals surface area contributed by atoms with Gasteiger partial charge in [0, 0.05) is 5.69 Å². The molecule has 0 aliphatic rings. The first-order chi connectivity index (χ1) is 6.13. The summed E-state index contributed by atoms with van der Waals surface area (Å²) in [5, 5.41) is 19.2. The van der Waals surface area contributed by atoms with Gasteiger partial charge in [-0.15, -0.1) is 0 Å². The van der Waals surface area contributed by atoms with Crippen LogP contribution in [0.25, 0.3) is 0 Å². The summed E-state index contributed by atoms with van der Waals surface area (Å²) in [6, 6.07) is 6.76. The average molecular weight is 176 g/mol. The average Bonchev–Trinajstić information content (AvgIpc) is 2.03. The van der Waals surface area contributed by atoms with Crippen LogP contribution < -0.4 is 5.32 Å². The number of hydrogen-bond donors (Lipinski definition) is 2. The van der Waals surface area contributed by atoms with Crippen molar-refractivity contribution in [3.05, 3.63) is 29.3 Å². The number of nitrogens with zero attached hydrogens (tertiary/aromatic N) is 1. The molecule has 1 amide bonds. The summed E-state index contributed by atoms with van der Waals surface area (Å²) in [6.45, 7) is 1.76. The van der Waals surface area contributed by atoms with Gasteiger partial charge in [0.25, 0.3) is 0 Å². The fourth-order valence-electron chi connectivity index (χ4n) is 0.990. The third kappa shape index (κ3) is 2.20. The molecule has 0 heterocycles. The molecule has 1 aromatic carbocycles. The first kappa shape index (κ1) is 9.07. The lowest BCUT2D eigenvalue weighted by atomic mass is 10.1. The van der Waals surface area contributed by atoms with E-state index in [1.807, 2.05) is 6.07 Å². The van der Waals surface area contributed by atoms with Crippen molar-refractivity contribution in [2.24, 2.45) is 0 Å². The number of rotatable bonds is 1. The van der Waals surface area contributed by atoms with Gasteiger partial charge in [-0.2, -0.15) is 5.26 Å². The van der Waals surface area contributed by atoms with Crippen molar-refractivity contribution in [3.8, 4) is 6.07 Å². The minimum atomic E-state index is -1.11. The fraction of sp³-hybridized carbons (Fsp3) is 0.111. The van der Waals surface area contributed by atoms with E-state index in [9.17, 15) is 4.79 Å². The topological polar surface area (TPSA) is 73.1 Å². The minimum absolute atomic E-state index is 0.476. The standard InChI is InChI=1S/C9H8N2O2/c1-6-4-8(11-9(12)13)3-2-7(6)5-10/h2-4,11H,1H3,(H,12,13). The third-order valence-electron chi connectivity index (χ3n) is 1.60. The molecule has 66 valence electrons. The van der Waals surface area contributed by atoms with Crippen molar-refractivity contribution >= 4 is 11.8 Å². The molecule has 13 heavy (non-hydrogen) atoms. The van der Waals surface area contributed by atoms with Crippen molar-refractivity contribution in [2.75, 3.05) is 5.32 Å². The lowest BCUT2D eigenvalue weighted by molar-refractivity contribution is 0.210. The molecule has 0 aliphatic heterocycles. The van der Waals surface area contributed by atoms with E-state index in [-0.39, 0.29) is 0 Å². The van der Waals surface area contributed by atoms with Gasteiger partial charge < -0.3 is 5.11 Å². The van der Waals surface area contributed by atoms with Gasteiger partial charge in [-0.25, -0.2) is 4.79 Å². The van der Waals surface area contributed by atoms with Crippen molar-refractivity contribution in [1.82, 2.24) is 0 Å². The van der Waals surface area contributed by atoms with Crippen LogP contribution in [-0.4, -0.2) is 11.2 Å².